The molecule has 1 aromatic carbocycles. The number of nitrogens with one attached hydrogen (secondary N) is 2. The van der Waals surface area contributed by atoms with Gasteiger partial charge in [0.05, 0.1) is 6.54 Å². The Morgan fingerprint density at radius 3 is 2.67 bits per heavy atom. The third-order valence-electron chi connectivity index (χ3n) is 4.65. The summed E-state index contributed by atoms with van der Waals surface area (Å²) in [6.07, 6.45) is 2.08. The van der Waals surface area contributed by atoms with Crippen molar-refractivity contribution in [2.75, 3.05) is 6.61 Å². The minimum atomic E-state index is -0.624. The number of aryl methyl sites for hydroxylation is 1. The number of alkyl carbamates (subject to hydrolysis) is 1. The van der Waals surface area contributed by atoms with E-state index in [1.54, 1.807) is 0 Å². The molecule has 0 spiro atoms. The van der Waals surface area contributed by atoms with Crippen LogP contribution in [0, 0.1) is 0 Å². The molecule has 0 saturated heterocycles. The summed E-state index contributed by atoms with van der Waals surface area (Å²) in [5, 5.41) is 2.67. The highest BCUT2D eigenvalue weighted by Crippen LogP contribution is 2.10. The number of H-pyrrole nitrogens is 1. The van der Waals surface area contributed by atoms with E-state index in [9.17, 15) is 14.4 Å². The number of fused-ring (bicyclic) bond motifs is 1. The SMILES string of the molecule is CCCCCn1c(=O)n(CCOC(=O)NCc2ccccc2)c(=O)c2[nH]c(Cl)nc21. The summed E-state index contributed by atoms with van der Waals surface area (Å²) < 4.78 is 7.59. The van der Waals surface area contributed by atoms with Gasteiger partial charge in [-0.3, -0.25) is 13.9 Å². The number of unbranched alkanes of at least 4 members (excludes halogenated alkanes) is 2. The Bertz CT molecular complexity index is 1120. The third-order valence-corrected chi connectivity index (χ3v) is 4.82. The van der Waals surface area contributed by atoms with E-state index >= 15 is 0 Å². The molecular formula is C20H24ClN5O4. The maximum atomic E-state index is 12.9. The number of aromatic nitrogens is 4. The lowest BCUT2D eigenvalue weighted by molar-refractivity contribution is 0.140. The van der Waals surface area contributed by atoms with Crippen LogP contribution in [0.15, 0.2) is 39.9 Å². The van der Waals surface area contributed by atoms with E-state index in [-0.39, 0.29) is 29.6 Å². The molecule has 0 unspecified atom stereocenters. The Morgan fingerprint density at radius 1 is 1.17 bits per heavy atom. The first-order valence-electron chi connectivity index (χ1n) is 9.84. The first kappa shape index (κ1) is 21.6. The zero-order valence-corrected chi connectivity index (χ0v) is 17.4. The lowest BCUT2D eigenvalue weighted by Gasteiger charge is -2.12. The summed E-state index contributed by atoms with van der Waals surface area (Å²) >= 11 is 5.92. The van der Waals surface area contributed by atoms with Crippen LogP contribution in [-0.2, 0) is 24.4 Å². The van der Waals surface area contributed by atoms with Gasteiger partial charge in [0.2, 0.25) is 5.28 Å². The molecule has 0 atom stereocenters. The Hall–Kier alpha value is -3.07. The first-order valence-corrected chi connectivity index (χ1v) is 10.2. The van der Waals surface area contributed by atoms with Crippen LogP contribution < -0.4 is 16.6 Å². The number of carbonyl (C=O) groups excluding carboxylic acids is 1. The van der Waals surface area contributed by atoms with Gasteiger partial charge in [-0.05, 0) is 23.6 Å². The minimum absolute atomic E-state index is 0.0417. The number of nitrogens with zero attached hydrogens (tertiary/aromatic N) is 3. The van der Waals surface area contributed by atoms with Gasteiger partial charge in [0.15, 0.2) is 11.2 Å². The lowest BCUT2D eigenvalue weighted by atomic mass is 10.2. The second-order valence-electron chi connectivity index (χ2n) is 6.80. The van der Waals surface area contributed by atoms with Crippen molar-refractivity contribution in [1.29, 1.82) is 0 Å². The zero-order valence-electron chi connectivity index (χ0n) is 16.7. The topological polar surface area (TPSA) is 111 Å². The molecule has 1 amide bonds. The maximum Gasteiger partial charge on any atom is 0.407 e. The fourth-order valence-electron chi connectivity index (χ4n) is 3.11. The molecule has 0 aliphatic heterocycles. The summed E-state index contributed by atoms with van der Waals surface area (Å²) in [5.41, 5.74) is 0.283. The molecule has 0 radical (unpaired) electrons. The highest BCUT2D eigenvalue weighted by atomic mass is 35.5. The van der Waals surface area contributed by atoms with Crippen molar-refractivity contribution in [3.8, 4) is 0 Å². The summed E-state index contributed by atoms with van der Waals surface area (Å²) in [7, 11) is 0. The predicted octanol–water partition coefficient (Wildman–Crippen LogP) is 2.66. The summed E-state index contributed by atoms with van der Waals surface area (Å²) in [5.74, 6) is 0. The Kier molecular flexibility index (Phi) is 7.29. The molecule has 2 N–H and O–H groups in total. The summed E-state index contributed by atoms with van der Waals surface area (Å²) in [4.78, 5) is 44.2. The second-order valence-corrected chi connectivity index (χ2v) is 7.16. The van der Waals surface area contributed by atoms with Gasteiger partial charge in [0.1, 0.15) is 6.61 Å². The molecule has 30 heavy (non-hydrogen) atoms. The van der Waals surface area contributed by atoms with Gasteiger partial charge in [0, 0.05) is 13.1 Å². The van der Waals surface area contributed by atoms with Crippen molar-refractivity contribution in [2.45, 2.75) is 45.8 Å². The molecule has 2 heterocycles. The van der Waals surface area contributed by atoms with Crippen LogP contribution in [0.5, 0.6) is 0 Å². The minimum Gasteiger partial charge on any atom is -0.448 e. The maximum absolute atomic E-state index is 12.9. The number of aromatic amines is 1. The van der Waals surface area contributed by atoms with Crippen molar-refractivity contribution in [3.05, 3.63) is 62.0 Å². The molecule has 0 saturated carbocycles. The zero-order chi connectivity index (χ0) is 21.5. The number of ether oxygens (including phenoxy) is 1. The fourth-order valence-corrected chi connectivity index (χ4v) is 3.28. The number of hydrogen-bond acceptors (Lipinski definition) is 5. The van der Waals surface area contributed by atoms with E-state index in [1.165, 1.54) is 4.57 Å². The van der Waals surface area contributed by atoms with E-state index in [0.29, 0.717) is 13.1 Å². The third kappa shape index (κ3) is 5.10. The summed E-state index contributed by atoms with van der Waals surface area (Å²) in [6.45, 7) is 2.60. The Morgan fingerprint density at radius 2 is 1.93 bits per heavy atom. The highest BCUT2D eigenvalue weighted by molar-refractivity contribution is 6.28. The van der Waals surface area contributed by atoms with Crippen LogP contribution in [-0.4, -0.2) is 31.8 Å². The molecule has 2 aromatic heterocycles. The van der Waals surface area contributed by atoms with Crippen LogP contribution in [0.25, 0.3) is 11.2 Å². The number of carbonyl (C=O) groups is 1. The van der Waals surface area contributed by atoms with Crippen molar-refractivity contribution in [1.82, 2.24) is 24.4 Å². The molecule has 3 rings (SSSR count). The van der Waals surface area contributed by atoms with Crippen LogP contribution in [0.1, 0.15) is 31.7 Å². The summed E-state index contributed by atoms with van der Waals surface area (Å²) in [6, 6.07) is 9.39. The molecule has 0 fully saturated rings. The first-order chi connectivity index (χ1) is 14.5. The number of amides is 1. The Balaban J connectivity index is 1.69. The van der Waals surface area contributed by atoms with Gasteiger partial charge >= 0.3 is 11.8 Å². The average Bonchev–Trinajstić information content (AvgIpc) is 3.14. The number of imidazole rings is 1. The monoisotopic (exact) mass is 433 g/mol. The molecule has 0 aliphatic rings. The van der Waals surface area contributed by atoms with Gasteiger partial charge in [-0.15, -0.1) is 0 Å². The highest BCUT2D eigenvalue weighted by Gasteiger charge is 2.17. The van der Waals surface area contributed by atoms with E-state index < -0.39 is 17.3 Å². The van der Waals surface area contributed by atoms with Gasteiger partial charge < -0.3 is 15.0 Å². The standard InChI is InChI=1S/C20H24ClN5O4/c1-2-3-7-10-25-16-15(23-18(21)24-16)17(27)26(20(25)29)11-12-30-19(28)22-13-14-8-5-4-6-9-14/h4-6,8-9H,2-3,7,10-13H2,1H3,(H,22,28)(H,23,24). The fraction of sp³-hybridized carbons (Fsp3) is 0.400. The van der Waals surface area contributed by atoms with Gasteiger partial charge in [-0.2, -0.15) is 4.98 Å². The van der Waals surface area contributed by atoms with Crippen LogP contribution in [0.2, 0.25) is 5.28 Å². The van der Waals surface area contributed by atoms with E-state index in [1.807, 2.05) is 30.3 Å². The smallest absolute Gasteiger partial charge is 0.407 e. The van der Waals surface area contributed by atoms with Crippen LogP contribution >= 0.6 is 11.6 Å². The molecule has 9 nitrogen and oxygen atoms in total. The van der Waals surface area contributed by atoms with Crippen molar-refractivity contribution in [2.24, 2.45) is 0 Å². The molecule has 160 valence electrons. The van der Waals surface area contributed by atoms with Crippen LogP contribution in [0.3, 0.4) is 0 Å². The van der Waals surface area contributed by atoms with Crippen molar-refractivity contribution >= 4 is 28.9 Å². The molecule has 0 aliphatic carbocycles. The van der Waals surface area contributed by atoms with Crippen molar-refractivity contribution < 1.29 is 9.53 Å². The van der Waals surface area contributed by atoms with E-state index in [0.717, 1.165) is 29.4 Å². The number of halogens is 1. The lowest BCUT2D eigenvalue weighted by Crippen LogP contribution is -2.41. The van der Waals surface area contributed by atoms with Crippen LogP contribution in [0.4, 0.5) is 4.79 Å². The second kappa shape index (κ2) is 10.1. The normalized spacial score (nSPS) is 11.0. The number of rotatable bonds is 9. The van der Waals surface area contributed by atoms with Crippen molar-refractivity contribution in [3.63, 3.8) is 0 Å². The largest absolute Gasteiger partial charge is 0.448 e. The van der Waals surface area contributed by atoms with Gasteiger partial charge in [0.25, 0.3) is 5.56 Å². The van der Waals surface area contributed by atoms with Gasteiger partial charge in [-0.25, -0.2) is 9.59 Å². The molecule has 10 heteroatoms. The number of benzene rings is 1. The molecule has 3 aromatic rings. The number of hydrogen-bond donors (Lipinski definition) is 2. The average molecular weight is 434 g/mol. The quantitative estimate of drug-likeness (QED) is 0.398. The molecular weight excluding hydrogens is 410 g/mol. The predicted molar refractivity (Wildman–Crippen MR) is 114 cm³/mol. The van der Waals surface area contributed by atoms with E-state index in [2.05, 4.69) is 22.2 Å². The molecule has 0 bridgehead atoms. The Labute approximate surface area is 177 Å². The van der Waals surface area contributed by atoms with E-state index in [4.69, 9.17) is 16.3 Å². The van der Waals surface area contributed by atoms with Gasteiger partial charge in [-0.1, -0.05) is 50.1 Å².